The first-order valence-electron chi connectivity index (χ1n) is 10.6. The minimum Gasteiger partial charge on any atom is -0.414 e. The van der Waals surface area contributed by atoms with Crippen LogP contribution in [0.25, 0.3) is 0 Å². The van der Waals surface area contributed by atoms with Gasteiger partial charge in [-0.3, -0.25) is 4.79 Å². The van der Waals surface area contributed by atoms with Gasteiger partial charge in [-0.1, -0.05) is 51.1 Å². The summed E-state index contributed by atoms with van der Waals surface area (Å²) in [6.07, 6.45) is 4.69. The summed E-state index contributed by atoms with van der Waals surface area (Å²) in [7, 11) is -1.85. The highest BCUT2D eigenvalue weighted by molar-refractivity contribution is 6.74. The van der Waals surface area contributed by atoms with Crippen molar-refractivity contribution in [3.05, 3.63) is 48.0 Å². The molecule has 1 aromatic rings. The fourth-order valence-corrected chi connectivity index (χ4v) is 4.45. The highest BCUT2D eigenvalue weighted by Gasteiger charge is 2.50. The molecule has 1 aromatic carbocycles. The van der Waals surface area contributed by atoms with Crippen LogP contribution in [0, 0.1) is 0 Å². The molecule has 0 unspecified atom stereocenters. The maximum absolute atomic E-state index is 12.3. The summed E-state index contributed by atoms with van der Waals surface area (Å²) < 4.78 is 17.8. The van der Waals surface area contributed by atoms with Crippen LogP contribution in [0.15, 0.2) is 42.5 Å². The molecule has 1 saturated heterocycles. The Morgan fingerprint density at radius 1 is 1.28 bits per heavy atom. The number of carbonyl (C=O) groups excluding carboxylic acids is 1. The second kappa shape index (κ2) is 9.69. The van der Waals surface area contributed by atoms with Crippen LogP contribution in [0.4, 0.5) is 0 Å². The third-order valence-electron chi connectivity index (χ3n) is 6.04. The van der Waals surface area contributed by atoms with Crippen molar-refractivity contribution >= 4 is 14.1 Å². The molecule has 0 spiro atoms. The second-order valence-electron chi connectivity index (χ2n) is 9.86. The Hall–Kier alpha value is -1.27. The Labute approximate surface area is 177 Å². The predicted molar refractivity (Wildman–Crippen MR) is 121 cm³/mol. The maximum atomic E-state index is 12.3. The van der Waals surface area contributed by atoms with Crippen LogP contribution in [0.2, 0.25) is 18.1 Å². The van der Waals surface area contributed by atoms with Gasteiger partial charge in [-0.05, 0) is 49.7 Å². The van der Waals surface area contributed by atoms with Crippen molar-refractivity contribution in [3.8, 4) is 0 Å². The molecule has 1 fully saturated rings. The zero-order valence-corrected chi connectivity index (χ0v) is 20.2. The van der Waals surface area contributed by atoms with Crippen molar-refractivity contribution in [1.29, 1.82) is 0 Å². The van der Waals surface area contributed by atoms with Gasteiger partial charge in [-0.25, -0.2) is 0 Å². The van der Waals surface area contributed by atoms with E-state index >= 15 is 0 Å². The van der Waals surface area contributed by atoms with Gasteiger partial charge in [-0.2, -0.15) is 0 Å². The van der Waals surface area contributed by atoms with E-state index in [4.69, 9.17) is 13.9 Å². The van der Waals surface area contributed by atoms with Gasteiger partial charge in [0.2, 0.25) is 0 Å². The quantitative estimate of drug-likeness (QED) is 0.201. The third-order valence-corrected chi connectivity index (χ3v) is 10.6. The molecule has 0 aliphatic carbocycles. The van der Waals surface area contributed by atoms with Crippen LogP contribution in [0.1, 0.15) is 53.0 Å². The van der Waals surface area contributed by atoms with E-state index in [1.807, 2.05) is 31.2 Å². The minimum absolute atomic E-state index is 0.0107. The lowest BCUT2D eigenvalue weighted by Gasteiger charge is -2.38. The van der Waals surface area contributed by atoms with Crippen molar-refractivity contribution in [1.82, 2.24) is 0 Å². The minimum atomic E-state index is -1.85. The van der Waals surface area contributed by atoms with Gasteiger partial charge in [-0.15, -0.1) is 0 Å². The molecule has 5 heteroatoms. The van der Waals surface area contributed by atoms with Gasteiger partial charge < -0.3 is 13.9 Å². The summed E-state index contributed by atoms with van der Waals surface area (Å²) in [5.74, 6) is 0.0920. The predicted octanol–water partition coefficient (Wildman–Crippen LogP) is 5.68. The first-order chi connectivity index (χ1) is 13.4. The summed E-state index contributed by atoms with van der Waals surface area (Å²) in [5.41, 5.74) is 0.946. The van der Waals surface area contributed by atoms with E-state index in [-0.39, 0.29) is 28.6 Å². The Bertz CT molecular complexity index is 693. The van der Waals surface area contributed by atoms with Gasteiger partial charge in [0.15, 0.2) is 14.1 Å². The molecule has 1 aliphatic rings. The van der Waals surface area contributed by atoms with Crippen LogP contribution in [-0.2, 0) is 25.3 Å². The zero-order valence-electron chi connectivity index (χ0n) is 19.2. The van der Waals surface area contributed by atoms with E-state index in [2.05, 4.69) is 52.9 Å². The van der Waals surface area contributed by atoms with E-state index < -0.39 is 8.32 Å². The number of ketones is 1. The van der Waals surface area contributed by atoms with Crippen LogP contribution < -0.4 is 0 Å². The van der Waals surface area contributed by atoms with Crippen LogP contribution in [0.3, 0.4) is 0 Å². The van der Waals surface area contributed by atoms with E-state index in [0.717, 1.165) is 6.42 Å². The van der Waals surface area contributed by atoms with Gasteiger partial charge in [0.05, 0.1) is 12.2 Å². The molecule has 0 N–H and O–H groups in total. The summed E-state index contributed by atoms with van der Waals surface area (Å²) in [6, 6.07) is 10.1. The summed E-state index contributed by atoms with van der Waals surface area (Å²) >= 11 is 0. The van der Waals surface area contributed by atoms with Crippen LogP contribution >= 0.6 is 0 Å². The van der Waals surface area contributed by atoms with Gasteiger partial charge in [0, 0.05) is 25.6 Å². The molecule has 3 atom stereocenters. The monoisotopic (exact) mass is 418 g/mol. The number of rotatable bonds is 11. The Morgan fingerprint density at radius 2 is 1.93 bits per heavy atom. The Balaban J connectivity index is 1.68. The first-order valence-corrected chi connectivity index (χ1v) is 13.5. The topological polar surface area (TPSA) is 48.1 Å². The Morgan fingerprint density at radius 3 is 2.55 bits per heavy atom. The molecule has 0 amide bonds. The summed E-state index contributed by atoms with van der Waals surface area (Å²) in [6.45, 7) is 16.4. The molecule has 1 heterocycles. The normalized spacial score (nSPS) is 23.3. The SMILES string of the molecule is C[C@H](CC(=O)/C=C/[C@@H]1O[C@@]1(C)CCOCc1ccccc1)O[Si](C)(C)C(C)(C)C. The zero-order chi connectivity index (χ0) is 21.7. The van der Waals surface area contributed by atoms with Crippen molar-refractivity contribution < 1.29 is 18.7 Å². The average molecular weight is 419 g/mol. The van der Waals surface area contributed by atoms with Crippen molar-refractivity contribution in [2.75, 3.05) is 6.61 Å². The van der Waals surface area contributed by atoms with E-state index in [0.29, 0.717) is 19.6 Å². The fraction of sp³-hybridized carbons (Fsp3) is 0.625. The lowest BCUT2D eigenvalue weighted by Crippen LogP contribution is -2.43. The largest absolute Gasteiger partial charge is 0.414 e. The smallest absolute Gasteiger partial charge is 0.192 e. The third kappa shape index (κ3) is 7.48. The number of ether oxygens (including phenoxy) is 2. The van der Waals surface area contributed by atoms with E-state index in [9.17, 15) is 4.79 Å². The molecule has 4 nitrogen and oxygen atoms in total. The Kier molecular flexibility index (Phi) is 8.02. The van der Waals surface area contributed by atoms with Gasteiger partial charge in [0.1, 0.15) is 6.10 Å². The molecule has 162 valence electrons. The molecular weight excluding hydrogens is 380 g/mol. The van der Waals surface area contributed by atoms with Crippen molar-refractivity contribution in [2.45, 2.75) is 90.0 Å². The van der Waals surface area contributed by atoms with E-state index in [1.54, 1.807) is 6.08 Å². The molecule has 0 bridgehead atoms. The molecule has 1 aliphatic heterocycles. The molecule has 29 heavy (non-hydrogen) atoms. The molecule has 0 saturated carbocycles. The second-order valence-corrected chi connectivity index (χ2v) is 14.6. The number of allylic oxidation sites excluding steroid dienone is 1. The lowest BCUT2D eigenvalue weighted by molar-refractivity contribution is -0.116. The van der Waals surface area contributed by atoms with E-state index in [1.165, 1.54) is 5.56 Å². The average Bonchev–Trinajstić information content (AvgIpc) is 3.26. The fourth-order valence-electron chi connectivity index (χ4n) is 3.01. The molecule has 2 rings (SSSR count). The number of hydrogen-bond donors (Lipinski definition) is 0. The number of epoxide rings is 1. The van der Waals surface area contributed by atoms with Crippen molar-refractivity contribution in [3.63, 3.8) is 0 Å². The maximum Gasteiger partial charge on any atom is 0.192 e. The number of benzene rings is 1. The molecule has 0 radical (unpaired) electrons. The molecular formula is C24H38O4Si. The number of hydrogen-bond acceptors (Lipinski definition) is 4. The standard InChI is InChI=1S/C24H38O4Si/c1-19(28-29(6,7)23(2,3)4)17-21(25)13-14-22-24(5,27-22)15-16-26-18-20-11-9-8-10-12-20/h8-14,19,22H,15-18H2,1-7H3/b14-13+/t19-,22+,24+/m1/s1. The summed E-state index contributed by atoms with van der Waals surface area (Å²) in [4.78, 5) is 12.3. The first kappa shape index (κ1) is 24.0. The van der Waals surface area contributed by atoms with Crippen molar-refractivity contribution in [2.24, 2.45) is 0 Å². The number of carbonyl (C=O) groups is 1. The lowest BCUT2D eigenvalue weighted by atomic mass is 10.0. The highest BCUT2D eigenvalue weighted by Crippen LogP contribution is 2.40. The highest BCUT2D eigenvalue weighted by atomic mass is 28.4. The summed E-state index contributed by atoms with van der Waals surface area (Å²) in [5, 5.41) is 0.145. The van der Waals surface area contributed by atoms with Gasteiger partial charge in [0.25, 0.3) is 0 Å². The van der Waals surface area contributed by atoms with Gasteiger partial charge >= 0.3 is 0 Å². The van der Waals surface area contributed by atoms with Crippen LogP contribution in [0.5, 0.6) is 0 Å². The van der Waals surface area contributed by atoms with Crippen LogP contribution in [-0.4, -0.2) is 38.5 Å². The molecule has 0 aromatic heterocycles.